The quantitative estimate of drug-likeness (QED) is 0.111. The number of pyridine rings is 2. The molecule has 532 valence electrons. The highest BCUT2D eigenvalue weighted by Gasteiger charge is 2.23. The van der Waals surface area contributed by atoms with E-state index < -0.39 is 0 Å². The van der Waals surface area contributed by atoms with Gasteiger partial charge in [0, 0.05) is 109 Å². The van der Waals surface area contributed by atoms with E-state index in [1.807, 2.05) is 84.9 Å². The van der Waals surface area contributed by atoms with Crippen molar-refractivity contribution in [1.29, 1.82) is 0 Å². The van der Waals surface area contributed by atoms with Gasteiger partial charge in [-0.25, -0.2) is 29.9 Å². The van der Waals surface area contributed by atoms with Crippen LogP contribution in [0.4, 0.5) is 0 Å². The predicted molar refractivity (Wildman–Crippen MR) is 469 cm³/mol. The maximum Gasteiger partial charge on any atom is 0.160 e. The Hall–Kier alpha value is -15.4. The van der Waals surface area contributed by atoms with Crippen molar-refractivity contribution < 1.29 is 8.83 Å². The van der Waals surface area contributed by atoms with E-state index in [4.69, 9.17) is 38.7 Å². The third-order valence-corrected chi connectivity index (χ3v) is 21.8. The van der Waals surface area contributed by atoms with Crippen LogP contribution in [0.2, 0.25) is 0 Å². The number of hydrogen-bond acceptors (Lipinski definition) is 8. The highest BCUT2D eigenvalue weighted by molar-refractivity contribution is 6.30. The highest BCUT2D eigenvalue weighted by Crippen LogP contribution is 2.47. The summed E-state index contributed by atoms with van der Waals surface area (Å²) in [5, 5.41) is 11.2. The van der Waals surface area contributed by atoms with Crippen LogP contribution in [-0.4, -0.2) is 29.9 Å². The predicted octanol–water partition coefficient (Wildman–Crippen LogP) is 28.2. The molecule has 22 aromatic rings. The van der Waals surface area contributed by atoms with Crippen molar-refractivity contribution in [3.8, 4) is 135 Å². The molecule has 0 unspecified atom stereocenters. The smallest absolute Gasteiger partial charge is 0.160 e. The molecule has 6 heterocycles. The minimum Gasteiger partial charge on any atom is -0.455 e. The first-order valence-electron chi connectivity index (χ1n) is 38.4. The molecule has 6 aromatic heterocycles. The van der Waals surface area contributed by atoms with E-state index in [1.165, 1.54) is 5.39 Å². The molecular weight excluding hydrogens is 1390 g/mol. The average Bonchev–Trinajstić information content (AvgIpc) is 1.49. The Morgan fingerprint density at radius 1 is 0.167 bits per heavy atom. The van der Waals surface area contributed by atoms with Crippen molar-refractivity contribution in [2.45, 2.75) is 0 Å². The van der Waals surface area contributed by atoms with Crippen LogP contribution >= 0.6 is 0 Å². The molecular formula is C106H66N6O2. The van der Waals surface area contributed by atoms with E-state index >= 15 is 0 Å². The van der Waals surface area contributed by atoms with E-state index in [0.29, 0.717) is 11.6 Å². The first kappa shape index (κ1) is 66.8. The number of aromatic nitrogens is 6. The zero-order chi connectivity index (χ0) is 75.4. The first-order valence-corrected chi connectivity index (χ1v) is 38.4. The Morgan fingerprint density at radius 2 is 0.465 bits per heavy atom. The Labute approximate surface area is 657 Å². The Morgan fingerprint density at radius 3 is 0.877 bits per heavy atom. The van der Waals surface area contributed by atoms with E-state index in [0.717, 1.165) is 205 Å². The van der Waals surface area contributed by atoms with Crippen molar-refractivity contribution >= 4 is 87.2 Å². The van der Waals surface area contributed by atoms with Gasteiger partial charge >= 0.3 is 0 Å². The topological polar surface area (TPSA) is 104 Å². The van der Waals surface area contributed by atoms with Crippen molar-refractivity contribution in [3.63, 3.8) is 0 Å². The third kappa shape index (κ3) is 12.2. The van der Waals surface area contributed by atoms with Gasteiger partial charge in [-0.05, 0) is 88.0 Å². The normalized spacial score (nSPS) is 11.5. The molecule has 0 saturated carbocycles. The molecule has 0 spiro atoms. The summed E-state index contributed by atoms with van der Waals surface area (Å²) in [7, 11) is 0. The lowest BCUT2D eigenvalue weighted by molar-refractivity contribution is 0.670. The summed E-state index contributed by atoms with van der Waals surface area (Å²) in [5.74, 6) is 1.41. The molecule has 0 radical (unpaired) electrons. The Bertz CT molecular complexity index is 7290. The van der Waals surface area contributed by atoms with E-state index in [1.54, 1.807) is 0 Å². The molecule has 8 heteroatoms. The van der Waals surface area contributed by atoms with Crippen LogP contribution in [0.3, 0.4) is 0 Å². The fraction of sp³-hybridized carbons (Fsp3) is 0. The Balaban J connectivity index is 0.000000146. The van der Waals surface area contributed by atoms with Crippen molar-refractivity contribution in [2.24, 2.45) is 0 Å². The van der Waals surface area contributed by atoms with Crippen LogP contribution < -0.4 is 0 Å². The van der Waals surface area contributed by atoms with Crippen LogP contribution in [0.25, 0.3) is 222 Å². The van der Waals surface area contributed by atoms with E-state index in [2.05, 4.69) is 315 Å². The molecule has 16 aromatic carbocycles. The number of fused-ring (bicyclic) bond motifs is 14. The molecule has 0 aliphatic rings. The van der Waals surface area contributed by atoms with Gasteiger partial charge in [-0.3, -0.25) is 0 Å². The van der Waals surface area contributed by atoms with Gasteiger partial charge in [0.15, 0.2) is 11.6 Å². The molecule has 0 atom stereocenters. The standard InChI is InChI=1S/C59H37N3O.C47H29N3O/c1-4-14-42(15-5-1)52-37-53(62-59(61-52)44-18-8-3-9-19-44)46-21-12-20-45(36-46)40-28-26-38(27-29-40)39-30-32-41(33-31-39)47-23-13-24-50-56-54(63-58(47)50)35-34-49-55(56)48-22-10-11-25-51(48)60-57(49)43-16-6-2-7-17-43;1-4-13-31(14-5-1)40-29-41(50-47(49-40)34-17-8-3-9-18-34)32-25-23-30(24-26-32)35-20-12-21-38-44-42(51-46(35)38)28-27-37-43(44)36-19-10-11-22-39(36)48-45(37)33-15-6-2-7-16-33/h1-37H;1-29H. The number of benzene rings is 16. The summed E-state index contributed by atoms with van der Waals surface area (Å²) in [6.07, 6.45) is 0. The number of rotatable bonds is 12. The van der Waals surface area contributed by atoms with E-state index in [9.17, 15) is 0 Å². The molecule has 0 fully saturated rings. The number of hydrogen-bond donors (Lipinski definition) is 0. The molecule has 0 bridgehead atoms. The second-order valence-electron chi connectivity index (χ2n) is 28.7. The van der Waals surface area contributed by atoms with Gasteiger partial charge in [-0.15, -0.1) is 0 Å². The minimum atomic E-state index is 0.702. The SMILES string of the molecule is c1ccc(-c2cc(-c3ccc(-c4cccc5c4oc4ccc6c(-c7ccccc7)nc7ccccc7c6c45)cc3)nc(-c3ccccc3)n2)cc1.c1ccc(-c2cc(-c3cccc(-c4ccc(-c5ccc(-c6cccc7c6oc6ccc8c(-c9ccccc9)nc9ccccc9c8c67)cc5)cc4)c3)nc(-c3ccccc3)n2)cc1. The Kier molecular flexibility index (Phi) is 16.7. The fourth-order valence-electron chi connectivity index (χ4n) is 16.3. The molecule has 114 heavy (non-hydrogen) atoms. The number of nitrogens with zero attached hydrogens (tertiary/aromatic N) is 6. The summed E-state index contributed by atoms with van der Waals surface area (Å²) < 4.78 is 13.5. The van der Waals surface area contributed by atoms with Crippen LogP contribution in [0, 0.1) is 0 Å². The molecule has 8 nitrogen and oxygen atoms in total. The van der Waals surface area contributed by atoms with Gasteiger partial charge < -0.3 is 8.83 Å². The van der Waals surface area contributed by atoms with Crippen LogP contribution in [0.1, 0.15) is 0 Å². The highest BCUT2D eigenvalue weighted by atomic mass is 16.3. The summed E-state index contributed by atoms with van der Waals surface area (Å²) in [5.41, 5.74) is 28.1. The zero-order valence-electron chi connectivity index (χ0n) is 61.6. The maximum absolute atomic E-state index is 6.77. The number of para-hydroxylation sites is 4. The average molecular weight is 1460 g/mol. The molecule has 0 aliphatic carbocycles. The van der Waals surface area contributed by atoms with Crippen LogP contribution in [-0.2, 0) is 0 Å². The fourth-order valence-corrected chi connectivity index (χ4v) is 16.3. The zero-order valence-corrected chi connectivity index (χ0v) is 61.6. The molecule has 0 amide bonds. The minimum absolute atomic E-state index is 0.702. The lowest BCUT2D eigenvalue weighted by atomic mass is 9.94. The lowest BCUT2D eigenvalue weighted by Gasteiger charge is -2.11. The van der Waals surface area contributed by atoms with Crippen molar-refractivity contribution in [1.82, 2.24) is 29.9 Å². The summed E-state index contributed by atoms with van der Waals surface area (Å²) in [6, 6.07) is 139. The molecule has 22 rings (SSSR count). The maximum atomic E-state index is 6.77. The lowest BCUT2D eigenvalue weighted by Crippen LogP contribution is -1.96. The summed E-state index contributed by atoms with van der Waals surface area (Å²) in [4.78, 5) is 30.3. The van der Waals surface area contributed by atoms with E-state index in [-0.39, 0.29) is 0 Å². The third-order valence-electron chi connectivity index (χ3n) is 21.8. The van der Waals surface area contributed by atoms with Gasteiger partial charge in [0.25, 0.3) is 0 Å². The van der Waals surface area contributed by atoms with Crippen LogP contribution in [0.15, 0.2) is 409 Å². The molecule has 0 aliphatic heterocycles. The number of furan rings is 2. The van der Waals surface area contributed by atoms with Gasteiger partial charge in [-0.1, -0.05) is 346 Å². The second-order valence-corrected chi connectivity index (χ2v) is 28.7. The van der Waals surface area contributed by atoms with Crippen molar-refractivity contribution in [2.75, 3.05) is 0 Å². The largest absolute Gasteiger partial charge is 0.455 e. The van der Waals surface area contributed by atoms with Crippen molar-refractivity contribution in [3.05, 3.63) is 400 Å². The molecule has 0 N–H and O–H groups in total. The van der Waals surface area contributed by atoms with Gasteiger partial charge in [0.1, 0.15) is 22.3 Å². The van der Waals surface area contributed by atoms with Gasteiger partial charge in [-0.2, -0.15) is 0 Å². The first-order chi connectivity index (χ1) is 56.5. The van der Waals surface area contributed by atoms with Gasteiger partial charge in [0.2, 0.25) is 0 Å². The monoisotopic (exact) mass is 1450 g/mol. The van der Waals surface area contributed by atoms with Crippen LogP contribution in [0.5, 0.6) is 0 Å². The summed E-state index contributed by atoms with van der Waals surface area (Å²) >= 11 is 0. The van der Waals surface area contributed by atoms with Gasteiger partial charge in [0.05, 0.1) is 45.2 Å². The summed E-state index contributed by atoms with van der Waals surface area (Å²) in [6.45, 7) is 0. The second kappa shape index (κ2) is 28.6. The molecule has 0 saturated heterocycles.